The molecule has 5 nitrogen and oxygen atoms in total. The molecule has 1 aliphatic heterocycles. The van der Waals surface area contributed by atoms with Gasteiger partial charge in [0.1, 0.15) is 0 Å². The number of amides is 3. The van der Waals surface area contributed by atoms with Crippen LogP contribution in [0.2, 0.25) is 5.02 Å². The lowest BCUT2D eigenvalue weighted by Gasteiger charge is -2.30. The van der Waals surface area contributed by atoms with Gasteiger partial charge in [0.2, 0.25) is 5.91 Å². The minimum absolute atomic E-state index is 0.0914. The van der Waals surface area contributed by atoms with Gasteiger partial charge in [-0.05, 0) is 68.7 Å². The highest BCUT2D eigenvalue weighted by atomic mass is 35.5. The Balaban J connectivity index is 1.79. The third-order valence-corrected chi connectivity index (χ3v) is 4.49. The molecule has 3 rings (SSSR count). The van der Waals surface area contributed by atoms with Gasteiger partial charge in [0.05, 0.1) is 6.54 Å². The highest BCUT2D eigenvalue weighted by molar-refractivity contribution is 6.30. The van der Waals surface area contributed by atoms with Crippen molar-refractivity contribution in [1.29, 1.82) is 0 Å². The second kappa shape index (κ2) is 7.61. The Bertz CT molecular complexity index is 874. The average Bonchev–Trinajstić information content (AvgIpc) is 2.56. The number of hydrogen-bond donors (Lipinski definition) is 2. The molecule has 0 fully saturated rings. The average molecular weight is 386 g/mol. The topological polar surface area (TPSA) is 61.4 Å². The summed E-state index contributed by atoms with van der Waals surface area (Å²) in [6, 6.07) is 12.9. The second-order valence-corrected chi connectivity index (χ2v) is 8.22. The first-order valence-corrected chi connectivity index (χ1v) is 9.36. The van der Waals surface area contributed by atoms with Gasteiger partial charge in [0, 0.05) is 28.4 Å². The number of benzene rings is 2. The number of anilines is 2. The van der Waals surface area contributed by atoms with E-state index in [0.29, 0.717) is 30.1 Å². The van der Waals surface area contributed by atoms with Crippen LogP contribution in [0.5, 0.6) is 0 Å². The highest BCUT2D eigenvalue weighted by Gasteiger charge is 2.25. The number of rotatable bonds is 3. The van der Waals surface area contributed by atoms with Gasteiger partial charge in [-0.1, -0.05) is 23.7 Å². The molecule has 0 spiro atoms. The third kappa shape index (κ3) is 5.01. The fourth-order valence-corrected chi connectivity index (χ4v) is 3.34. The number of fused-ring (bicyclic) bond motifs is 1. The molecular weight excluding hydrogens is 362 g/mol. The molecule has 3 amide bonds. The first-order chi connectivity index (χ1) is 12.7. The first kappa shape index (κ1) is 19.2. The molecule has 0 saturated carbocycles. The summed E-state index contributed by atoms with van der Waals surface area (Å²) < 4.78 is 0. The van der Waals surface area contributed by atoms with Crippen LogP contribution in [0.25, 0.3) is 0 Å². The zero-order valence-corrected chi connectivity index (χ0v) is 16.6. The fourth-order valence-electron chi connectivity index (χ4n) is 3.13. The lowest BCUT2D eigenvalue weighted by Crippen LogP contribution is -2.43. The molecule has 2 N–H and O–H groups in total. The van der Waals surface area contributed by atoms with E-state index in [1.807, 2.05) is 63.2 Å². The maximum atomic E-state index is 12.5. The standard InChI is InChI=1S/C21H24ClN3O2/c1-21(2,3)24-20(27)23-17-8-9-18-15(12-17)7-10-19(26)25(18)13-14-5-4-6-16(22)11-14/h4-6,8-9,11-12H,7,10,13H2,1-3H3,(H2,23,24,27). The Labute approximate surface area is 164 Å². The zero-order valence-electron chi connectivity index (χ0n) is 15.8. The molecule has 0 bridgehead atoms. The normalized spacial score (nSPS) is 13.9. The van der Waals surface area contributed by atoms with Crippen molar-refractivity contribution in [1.82, 2.24) is 5.32 Å². The van der Waals surface area contributed by atoms with E-state index in [0.717, 1.165) is 16.8 Å². The van der Waals surface area contributed by atoms with Crippen LogP contribution in [-0.4, -0.2) is 17.5 Å². The molecule has 2 aromatic rings. The molecule has 0 atom stereocenters. The molecule has 0 aromatic heterocycles. The highest BCUT2D eigenvalue weighted by Crippen LogP contribution is 2.31. The second-order valence-electron chi connectivity index (χ2n) is 7.78. The largest absolute Gasteiger partial charge is 0.333 e. The summed E-state index contributed by atoms with van der Waals surface area (Å²) in [6.45, 7) is 6.26. The van der Waals surface area contributed by atoms with Crippen molar-refractivity contribution >= 4 is 34.9 Å². The predicted octanol–water partition coefficient (Wildman–Crippen LogP) is 4.74. The maximum absolute atomic E-state index is 12.5. The predicted molar refractivity (Wildman–Crippen MR) is 109 cm³/mol. The van der Waals surface area contributed by atoms with Crippen LogP contribution in [0.15, 0.2) is 42.5 Å². The molecule has 0 radical (unpaired) electrons. The van der Waals surface area contributed by atoms with Crippen molar-refractivity contribution < 1.29 is 9.59 Å². The van der Waals surface area contributed by atoms with Gasteiger partial charge in [0.15, 0.2) is 0 Å². The van der Waals surface area contributed by atoms with Gasteiger partial charge in [-0.25, -0.2) is 4.79 Å². The summed E-state index contributed by atoms with van der Waals surface area (Å²) in [7, 11) is 0. The van der Waals surface area contributed by atoms with Crippen molar-refractivity contribution in [3.05, 3.63) is 58.6 Å². The van der Waals surface area contributed by atoms with Crippen LogP contribution in [0, 0.1) is 0 Å². The Hall–Kier alpha value is -2.53. The van der Waals surface area contributed by atoms with Gasteiger partial charge in [-0.3, -0.25) is 4.79 Å². The van der Waals surface area contributed by atoms with E-state index in [1.54, 1.807) is 4.90 Å². The van der Waals surface area contributed by atoms with Crippen molar-refractivity contribution in [2.24, 2.45) is 0 Å². The van der Waals surface area contributed by atoms with Crippen LogP contribution in [0.4, 0.5) is 16.2 Å². The van der Waals surface area contributed by atoms with E-state index < -0.39 is 0 Å². The molecule has 27 heavy (non-hydrogen) atoms. The number of nitrogens with zero attached hydrogens (tertiary/aromatic N) is 1. The molecule has 1 aliphatic rings. The maximum Gasteiger partial charge on any atom is 0.319 e. The number of nitrogens with one attached hydrogen (secondary N) is 2. The van der Waals surface area contributed by atoms with Gasteiger partial charge in [-0.15, -0.1) is 0 Å². The number of urea groups is 1. The quantitative estimate of drug-likeness (QED) is 0.801. The summed E-state index contributed by atoms with van der Waals surface area (Å²) >= 11 is 6.06. The van der Waals surface area contributed by atoms with E-state index >= 15 is 0 Å². The van der Waals surface area contributed by atoms with E-state index in [9.17, 15) is 9.59 Å². The number of hydrogen-bond acceptors (Lipinski definition) is 2. The Morgan fingerprint density at radius 1 is 1.15 bits per heavy atom. The number of aryl methyl sites for hydroxylation is 1. The van der Waals surface area contributed by atoms with Crippen LogP contribution in [-0.2, 0) is 17.8 Å². The Morgan fingerprint density at radius 2 is 1.93 bits per heavy atom. The van der Waals surface area contributed by atoms with E-state index in [4.69, 9.17) is 11.6 Å². The third-order valence-electron chi connectivity index (χ3n) is 4.26. The van der Waals surface area contributed by atoms with Gasteiger partial charge in [-0.2, -0.15) is 0 Å². The van der Waals surface area contributed by atoms with Crippen molar-refractivity contribution in [3.8, 4) is 0 Å². The van der Waals surface area contributed by atoms with Crippen LogP contribution < -0.4 is 15.5 Å². The summed E-state index contributed by atoms with van der Waals surface area (Å²) in [6.07, 6.45) is 1.11. The van der Waals surface area contributed by atoms with Crippen LogP contribution in [0.1, 0.15) is 38.3 Å². The lowest BCUT2D eigenvalue weighted by molar-refractivity contribution is -0.119. The Kier molecular flexibility index (Phi) is 5.42. The SMILES string of the molecule is CC(C)(C)NC(=O)Nc1ccc2c(c1)CCC(=O)N2Cc1cccc(Cl)c1. The van der Waals surface area contributed by atoms with E-state index in [1.165, 1.54) is 0 Å². The van der Waals surface area contributed by atoms with Crippen molar-refractivity contribution in [3.63, 3.8) is 0 Å². The van der Waals surface area contributed by atoms with Gasteiger partial charge < -0.3 is 15.5 Å². The number of halogens is 1. The van der Waals surface area contributed by atoms with Crippen molar-refractivity contribution in [2.75, 3.05) is 10.2 Å². The number of carbonyl (C=O) groups is 2. The molecule has 6 heteroatoms. The number of carbonyl (C=O) groups excluding carboxylic acids is 2. The molecular formula is C21H24ClN3O2. The molecule has 2 aromatic carbocycles. The minimum atomic E-state index is -0.307. The van der Waals surface area contributed by atoms with Crippen molar-refractivity contribution in [2.45, 2.75) is 45.7 Å². The first-order valence-electron chi connectivity index (χ1n) is 8.98. The fraction of sp³-hybridized carbons (Fsp3) is 0.333. The molecule has 0 unspecified atom stereocenters. The lowest BCUT2D eigenvalue weighted by atomic mass is 9.99. The van der Waals surface area contributed by atoms with Gasteiger partial charge >= 0.3 is 6.03 Å². The van der Waals surface area contributed by atoms with E-state index in [2.05, 4.69) is 10.6 Å². The molecule has 0 aliphatic carbocycles. The summed E-state index contributed by atoms with van der Waals surface area (Å²) in [5, 5.41) is 6.39. The minimum Gasteiger partial charge on any atom is -0.333 e. The zero-order chi connectivity index (χ0) is 19.6. The van der Waals surface area contributed by atoms with Gasteiger partial charge in [0.25, 0.3) is 0 Å². The van der Waals surface area contributed by atoms with Crippen LogP contribution >= 0.6 is 11.6 Å². The Morgan fingerprint density at radius 3 is 2.63 bits per heavy atom. The summed E-state index contributed by atoms with van der Waals surface area (Å²) in [5.74, 6) is 0.0914. The molecule has 142 valence electrons. The van der Waals surface area contributed by atoms with Crippen LogP contribution in [0.3, 0.4) is 0 Å². The summed E-state index contributed by atoms with van der Waals surface area (Å²) in [5.41, 5.74) is 3.32. The summed E-state index contributed by atoms with van der Waals surface area (Å²) in [4.78, 5) is 26.3. The smallest absolute Gasteiger partial charge is 0.319 e. The monoisotopic (exact) mass is 385 g/mol. The van der Waals surface area contributed by atoms with E-state index in [-0.39, 0.29) is 17.5 Å². The molecule has 0 saturated heterocycles. The molecule has 1 heterocycles.